The quantitative estimate of drug-likeness (QED) is 0.0430. The Balaban J connectivity index is -0.000000386. The molecule has 97 heavy (non-hydrogen) atoms. The summed E-state index contributed by atoms with van der Waals surface area (Å²) in [4.78, 5) is 41.1. The maximum absolute atomic E-state index is 10.3. The van der Waals surface area contributed by atoms with Gasteiger partial charge in [0, 0.05) is 23.9 Å². The van der Waals surface area contributed by atoms with Crippen molar-refractivity contribution in [2.75, 3.05) is 0 Å². The molecule has 0 radical (unpaired) electrons. The number of carbonyl (C=O) groups excluding carboxylic acids is 4. The maximum atomic E-state index is 10.3. The van der Waals surface area contributed by atoms with Crippen LogP contribution in [0.2, 0.25) is 0 Å². The summed E-state index contributed by atoms with van der Waals surface area (Å²) in [7, 11) is 0. The van der Waals surface area contributed by atoms with Gasteiger partial charge in [-0.2, -0.15) is 0 Å². The van der Waals surface area contributed by atoms with Gasteiger partial charge in [0.05, 0.1) is 0 Å². The first kappa shape index (κ1) is 104. The van der Waals surface area contributed by atoms with Crippen LogP contribution in [0.3, 0.4) is 0 Å². The van der Waals surface area contributed by atoms with Crippen LogP contribution in [-0.4, -0.2) is 23.9 Å². The summed E-state index contributed by atoms with van der Waals surface area (Å²) in [6.45, 7) is 9.12. The molecule has 0 unspecified atom stereocenters. The molecule has 0 aromatic carbocycles. The van der Waals surface area contributed by atoms with Gasteiger partial charge in [-0.05, 0) is 51.4 Å². The van der Waals surface area contributed by atoms with E-state index in [1.54, 1.807) is 0 Å². The number of carbonyl (C=O) groups is 4. The molecule has 8 nitrogen and oxygen atoms in total. The van der Waals surface area contributed by atoms with Crippen molar-refractivity contribution in [3.63, 3.8) is 0 Å². The van der Waals surface area contributed by atoms with E-state index in [0.29, 0.717) is 0 Å². The van der Waals surface area contributed by atoms with Gasteiger partial charge < -0.3 is 39.6 Å². The summed E-state index contributed by atoms with van der Waals surface area (Å²) >= 11 is 0. The molecule has 9 heteroatoms. The van der Waals surface area contributed by atoms with Gasteiger partial charge in [0.1, 0.15) is 0 Å². The van der Waals surface area contributed by atoms with E-state index < -0.39 is 23.9 Å². The molecule has 0 heterocycles. The standard InChI is InChI=1S/4C22H44O2.Ti/c4*1-2-3-4-5-6-7-8-9-10-11-12-13-14-15-16-17-18-19-20-21-22(23)24;/h4*2-21H2,1H3,(H,23,24);/q;;;;+4/p-4. The van der Waals surface area contributed by atoms with Crippen molar-refractivity contribution in [3.05, 3.63) is 0 Å². The third-order valence-electron chi connectivity index (χ3n) is 19.9. The number of hydrogen-bond donors (Lipinski definition) is 0. The van der Waals surface area contributed by atoms with Crippen LogP contribution in [0.25, 0.3) is 0 Å². The smallest absolute Gasteiger partial charge is 0.550 e. The molecule has 0 N–H and O–H groups in total. The van der Waals surface area contributed by atoms with Gasteiger partial charge in [-0.3, -0.25) is 0 Å². The second kappa shape index (κ2) is 101. The third kappa shape index (κ3) is 119. The van der Waals surface area contributed by atoms with E-state index >= 15 is 0 Å². The zero-order chi connectivity index (χ0) is 70.9. The van der Waals surface area contributed by atoms with E-state index in [4.69, 9.17) is 0 Å². The van der Waals surface area contributed by atoms with Crippen LogP contribution < -0.4 is 20.4 Å². The summed E-state index contributed by atoms with van der Waals surface area (Å²) < 4.78 is 0. The van der Waals surface area contributed by atoms with Gasteiger partial charge in [0.25, 0.3) is 0 Å². The molecule has 0 aromatic heterocycles. The maximum Gasteiger partial charge on any atom is 4.00 e. The molecule has 0 spiro atoms. The molecule has 0 saturated carbocycles. The molecule has 0 amide bonds. The summed E-state index contributed by atoms with van der Waals surface area (Å²) in [6, 6.07) is 0. The average Bonchev–Trinajstić information content (AvgIpc) is 3.57. The van der Waals surface area contributed by atoms with E-state index in [1.165, 1.54) is 437 Å². The first-order valence-corrected chi connectivity index (χ1v) is 43.9. The Hall–Kier alpha value is -1.41. The molecule has 576 valence electrons. The minimum Gasteiger partial charge on any atom is -0.550 e. The number of aliphatic carboxylic acids is 4. The fraction of sp³-hybridized carbons (Fsp3) is 0.955. The van der Waals surface area contributed by atoms with Crippen LogP contribution >= 0.6 is 0 Å². The monoisotopic (exact) mass is 1410 g/mol. The van der Waals surface area contributed by atoms with E-state index in [0.717, 1.165) is 51.4 Å². The number of unbranched alkanes of at least 4 members (excludes halogenated alkanes) is 72. The average molecular weight is 1410 g/mol. The van der Waals surface area contributed by atoms with Crippen molar-refractivity contribution in [2.45, 2.75) is 541 Å². The van der Waals surface area contributed by atoms with Gasteiger partial charge in [0.2, 0.25) is 0 Å². The molecule has 0 atom stereocenters. The molecule has 0 aliphatic carbocycles. The number of rotatable bonds is 80. The first-order chi connectivity index (χ1) is 47.1. The second-order valence-electron chi connectivity index (χ2n) is 29.9. The first-order valence-electron chi connectivity index (χ1n) is 43.9. The van der Waals surface area contributed by atoms with Crippen molar-refractivity contribution < 1.29 is 61.3 Å². The molecule has 0 aliphatic heterocycles. The number of carboxylic acids is 4. The van der Waals surface area contributed by atoms with Gasteiger partial charge in [0.15, 0.2) is 0 Å². The largest absolute Gasteiger partial charge is 4.00 e. The predicted molar refractivity (Wildman–Crippen MR) is 412 cm³/mol. The second-order valence-corrected chi connectivity index (χ2v) is 29.9. The summed E-state index contributed by atoms with van der Waals surface area (Å²) in [5.74, 6) is -3.60. The van der Waals surface area contributed by atoms with E-state index in [1.807, 2.05) is 0 Å². The number of carboxylic acid groups (broad SMARTS) is 4. The van der Waals surface area contributed by atoms with Crippen molar-refractivity contribution in [1.29, 1.82) is 0 Å². The predicted octanol–water partition coefficient (Wildman–Crippen LogP) is 26.2. The molecule has 0 saturated heterocycles. The minimum atomic E-state index is -0.901. The molecule has 0 aliphatic rings. The van der Waals surface area contributed by atoms with Crippen LogP contribution in [0.5, 0.6) is 0 Å². The van der Waals surface area contributed by atoms with E-state index in [2.05, 4.69) is 27.7 Å². The van der Waals surface area contributed by atoms with E-state index in [-0.39, 0.29) is 47.4 Å². The minimum absolute atomic E-state index is 0. The SMILES string of the molecule is CCCCCCCCCCCCCCCCCCCCCC(=O)[O-].CCCCCCCCCCCCCCCCCCCCCC(=O)[O-].CCCCCCCCCCCCCCCCCCCCCC(=O)[O-].CCCCCCCCCCCCCCCCCCCCCC(=O)[O-].[Ti+4]. The Morgan fingerprint density at radius 3 is 0.258 bits per heavy atom. The van der Waals surface area contributed by atoms with Gasteiger partial charge in [-0.15, -0.1) is 0 Å². The van der Waals surface area contributed by atoms with Crippen molar-refractivity contribution >= 4 is 23.9 Å². The Labute approximate surface area is 622 Å². The van der Waals surface area contributed by atoms with Crippen LogP contribution in [0.15, 0.2) is 0 Å². The van der Waals surface area contributed by atoms with Gasteiger partial charge in [-0.1, -0.05) is 490 Å². The van der Waals surface area contributed by atoms with E-state index in [9.17, 15) is 39.6 Å². The topological polar surface area (TPSA) is 161 Å². The van der Waals surface area contributed by atoms with Crippen molar-refractivity contribution in [1.82, 2.24) is 0 Å². The zero-order valence-electron chi connectivity index (χ0n) is 66.3. The van der Waals surface area contributed by atoms with Crippen molar-refractivity contribution in [3.8, 4) is 0 Å². The van der Waals surface area contributed by atoms with Crippen LogP contribution in [0.1, 0.15) is 541 Å². The molecule has 0 aromatic rings. The van der Waals surface area contributed by atoms with Crippen molar-refractivity contribution in [2.24, 2.45) is 0 Å². The van der Waals surface area contributed by atoms with Crippen LogP contribution in [-0.2, 0) is 40.9 Å². The van der Waals surface area contributed by atoms with Crippen LogP contribution in [0.4, 0.5) is 0 Å². The van der Waals surface area contributed by atoms with Crippen LogP contribution in [0, 0.1) is 0 Å². The molecule has 0 rings (SSSR count). The summed E-state index contributed by atoms with van der Waals surface area (Å²) in [5, 5.41) is 41.1. The number of hydrogen-bond acceptors (Lipinski definition) is 8. The Bertz CT molecular complexity index is 1220. The fourth-order valence-electron chi connectivity index (χ4n) is 13.4. The molecule has 0 bridgehead atoms. The molecular formula is C88H172O8Ti. The summed E-state index contributed by atoms with van der Waals surface area (Å²) in [6.07, 6.45) is 103. The fourth-order valence-corrected chi connectivity index (χ4v) is 13.4. The molecular weight excluding hydrogens is 1230 g/mol. The van der Waals surface area contributed by atoms with Gasteiger partial charge in [-0.25, -0.2) is 0 Å². The molecule has 0 fully saturated rings. The summed E-state index contributed by atoms with van der Waals surface area (Å²) in [5.41, 5.74) is 0. The third-order valence-corrected chi connectivity index (χ3v) is 19.9. The normalized spacial score (nSPS) is 10.9. The Kier molecular flexibility index (Phi) is 108. The Morgan fingerprint density at radius 1 is 0.134 bits per heavy atom. The Morgan fingerprint density at radius 2 is 0.196 bits per heavy atom. The van der Waals surface area contributed by atoms with Gasteiger partial charge >= 0.3 is 21.7 Å². The zero-order valence-corrected chi connectivity index (χ0v) is 67.9.